The number of amides is 3. The normalized spacial score (nSPS) is 13.6. The molecule has 0 spiro atoms. The van der Waals surface area contributed by atoms with Gasteiger partial charge in [-0.05, 0) is 18.9 Å². The Balaban J connectivity index is 2.03. The minimum atomic E-state index is -0.903. The van der Waals surface area contributed by atoms with E-state index in [-0.39, 0.29) is 6.61 Å². The minimum absolute atomic E-state index is 0.306. The molecule has 7 nitrogen and oxygen atoms in total. The van der Waals surface area contributed by atoms with Gasteiger partial charge in [-0.2, -0.15) is 0 Å². The van der Waals surface area contributed by atoms with Crippen LogP contribution in [0.25, 0.3) is 0 Å². The molecule has 0 unspecified atom stereocenters. The number of primary amides is 1. The van der Waals surface area contributed by atoms with Gasteiger partial charge in [-0.1, -0.05) is 12.1 Å². The van der Waals surface area contributed by atoms with E-state index in [1.165, 1.54) is 20.0 Å². The van der Waals surface area contributed by atoms with Gasteiger partial charge in [0.2, 0.25) is 0 Å². The van der Waals surface area contributed by atoms with Crippen molar-refractivity contribution >= 4 is 11.9 Å². The lowest BCUT2D eigenvalue weighted by Crippen LogP contribution is -2.38. The van der Waals surface area contributed by atoms with Crippen molar-refractivity contribution in [1.82, 2.24) is 10.6 Å². The van der Waals surface area contributed by atoms with Gasteiger partial charge in [0, 0.05) is 18.2 Å². The van der Waals surface area contributed by atoms with Crippen molar-refractivity contribution in [3.8, 4) is 11.5 Å². The lowest BCUT2D eigenvalue weighted by atomic mass is 10.2. The number of para-hydroxylation sites is 1. The average Bonchev–Trinajstić information content (AvgIpc) is 3.26. The maximum absolute atomic E-state index is 11.4. The SMILES string of the molecule is COc1cccc(CNC2CC2)c1OCC(=O)NC(N)=O. The van der Waals surface area contributed by atoms with Crippen molar-refractivity contribution in [3.63, 3.8) is 0 Å². The number of carbonyl (C=O) groups is 2. The molecule has 1 fully saturated rings. The lowest BCUT2D eigenvalue weighted by molar-refractivity contribution is -0.121. The van der Waals surface area contributed by atoms with Crippen molar-refractivity contribution in [2.75, 3.05) is 13.7 Å². The number of imide groups is 1. The third-order valence-electron chi connectivity index (χ3n) is 3.05. The molecule has 21 heavy (non-hydrogen) atoms. The van der Waals surface area contributed by atoms with Crippen molar-refractivity contribution in [2.24, 2.45) is 5.73 Å². The van der Waals surface area contributed by atoms with Crippen LogP contribution in [0, 0.1) is 0 Å². The summed E-state index contributed by atoms with van der Waals surface area (Å²) >= 11 is 0. The average molecular weight is 293 g/mol. The highest BCUT2D eigenvalue weighted by molar-refractivity contribution is 5.94. The molecule has 1 aromatic rings. The Labute approximate surface area is 122 Å². The van der Waals surface area contributed by atoms with E-state index in [1.54, 1.807) is 6.07 Å². The zero-order valence-corrected chi connectivity index (χ0v) is 11.8. The number of nitrogens with one attached hydrogen (secondary N) is 2. The van der Waals surface area contributed by atoms with Crippen LogP contribution in [-0.4, -0.2) is 31.7 Å². The molecule has 0 saturated heterocycles. The molecule has 2 rings (SSSR count). The van der Waals surface area contributed by atoms with E-state index in [4.69, 9.17) is 15.2 Å². The molecule has 3 amide bonds. The summed E-state index contributed by atoms with van der Waals surface area (Å²) in [7, 11) is 1.53. The summed E-state index contributed by atoms with van der Waals surface area (Å²) < 4.78 is 10.7. The zero-order valence-electron chi connectivity index (χ0n) is 11.8. The molecule has 114 valence electrons. The van der Waals surface area contributed by atoms with E-state index >= 15 is 0 Å². The number of urea groups is 1. The molecule has 1 aliphatic rings. The van der Waals surface area contributed by atoms with Gasteiger partial charge < -0.3 is 20.5 Å². The van der Waals surface area contributed by atoms with Gasteiger partial charge in [0.1, 0.15) is 0 Å². The van der Waals surface area contributed by atoms with Crippen molar-refractivity contribution in [1.29, 1.82) is 0 Å². The minimum Gasteiger partial charge on any atom is -0.493 e. The van der Waals surface area contributed by atoms with E-state index in [2.05, 4.69) is 5.32 Å². The predicted octanol–water partition coefficient (Wildman–Crippen LogP) is 0.521. The summed E-state index contributed by atoms with van der Waals surface area (Å²) in [5.74, 6) is 0.430. The third-order valence-corrected chi connectivity index (χ3v) is 3.05. The first kappa shape index (κ1) is 15.1. The first-order chi connectivity index (χ1) is 10.1. The number of hydrogen-bond donors (Lipinski definition) is 3. The second-order valence-electron chi connectivity index (χ2n) is 4.80. The fourth-order valence-corrected chi connectivity index (χ4v) is 1.88. The largest absolute Gasteiger partial charge is 0.493 e. The Morgan fingerprint density at radius 3 is 2.76 bits per heavy atom. The Hall–Kier alpha value is -2.28. The second kappa shape index (κ2) is 6.94. The van der Waals surface area contributed by atoms with Crippen LogP contribution < -0.4 is 25.8 Å². The molecule has 1 aromatic carbocycles. The monoisotopic (exact) mass is 293 g/mol. The van der Waals surface area contributed by atoms with Crippen LogP contribution in [-0.2, 0) is 11.3 Å². The summed E-state index contributed by atoms with van der Waals surface area (Å²) in [5, 5.41) is 5.32. The smallest absolute Gasteiger partial charge is 0.318 e. The van der Waals surface area contributed by atoms with E-state index in [0.717, 1.165) is 5.56 Å². The molecule has 0 bridgehead atoms. The maximum Gasteiger partial charge on any atom is 0.318 e. The Morgan fingerprint density at radius 1 is 1.38 bits per heavy atom. The summed E-state index contributed by atoms with van der Waals surface area (Å²) in [6.07, 6.45) is 2.36. The third kappa shape index (κ3) is 4.64. The fraction of sp³-hybridized carbons (Fsp3) is 0.429. The number of benzene rings is 1. The molecular weight excluding hydrogens is 274 g/mol. The van der Waals surface area contributed by atoms with Gasteiger partial charge in [-0.3, -0.25) is 10.1 Å². The molecule has 1 aliphatic carbocycles. The quantitative estimate of drug-likeness (QED) is 0.680. The lowest BCUT2D eigenvalue weighted by Gasteiger charge is -2.15. The van der Waals surface area contributed by atoms with Crippen molar-refractivity contribution in [3.05, 3.63) is 23.8 Å². The summed E-state index contributed by atoms with van der Waals surface area (Å²) in [6.45, 7) is 0.328. The summed E-state index contributed by atoms with van der Waals surface area (Å²) in [4.78, 5) is 22.0. The van der Waals surface area contributed by atoms with Gasteiger partial charge in [0.25, 0.3) is 5.91 Å². The highest BCUT2D eigenvalue weighted by Gasteiger charge is 2.21. The number of hydrogen-bond acceptors (Lipinski definition) is 5. The van der Waals surface area contributed by atoms with Crippen LogP contribution in [0.3, 0.4) is 0 Å². The van der Waals surface area contributed by atoms with Crippen LogP contribution in [0.5, 0.6) is 11.5 Å². The van der Waals surface area contributed by atoms with Crippen molar-refractivity contribution in [2.45, 2.75) is 25.4 Å². The van der Waals surface area contributed by atoms with Gasteiger partial charge in [0.05, 0.1) is 7.11 Å². The molecule has 7 heteroatoms. The van der Waals surface area contributed by atoms with Crippen LogP contribution in [0.2, 0.25) is 0 Å². The number of methoxy groups -OCH3 is 1. The maximum atomic E-state index is 11.4. The molecular formula is C14H19N3O4. The van der Waals surface area contributed by atoms with Crippen LogP contribution in [0.1, 0.15) is 18.4 Å². The first-order valence-electron chi connectivity index (χ1n) is 6.71. The number of nitrogens with two attached hydrogens (primary N) is 1. The molecule has 0 aliphatic heterocycles. The predicted molar refractivity (Wildman–Crippen MR) is 76.1 cm³/mol. The number of rotatable bonds is 7. The molecule has 0 atom stereocenters. The van der Waals surface area contributed by atoms with Crippen LogP contribution >= 0.6 is 0 Å². The van der Waals surface area contributed by atoms with Crippen molar-refractivity contribution < 1.29 is 19.1 Å². The van der Waals surface area contributed by atoms with E-state index < -0.39 is 11.9 Å². The van der Waals surface area contributed by atoms with Gasteiger partial charge >= 0.3 is 6.03 Å². The summed E-state index contributed by atoms with van der Waals surface area (Å²) in [5.41, 5.74) is 5.77. The number of carbonyl (C=O) groups excluding carboxylic acids is 2. The topological polar surface area (TPSA) is 103 Å². The Kier molecular flexibility index (Phi) is 4.99. The van der Waals surface area contributed by atoms with Gasteiger partial charge in [-0.25, -0.2) is 4.79 Å². The summed E-state index contributed by atoms with van der Waals surface area (Å²) in [6, 6.07) is 5.17. The van der Waals surface area contributed by atoms with E-state index in [0.29, 0.717) is 24.1 Å². The molecule has 0 heterocycles. The zero-order chi connectivity index (χ0) is 15.2. The Morgan fingerprint density at radius 2 is 2.14 bits per heavy atom. The highest BCUT2D eigenvalue weighted by Crippen LogP contribution is 2.31. The van der Waals surface area contributed by atoms with Crippen LogP contribution in [0.4, 0.5) is 4.79 Å². The molecule has 1 saturated carbocycles. The standard InChI is InChI=1S/C14H19N3O4/c1-20-11-4-2-3-9(7-16-10-5-6-10)13(11)21-8-12(18)17-14(15)19/h2-4,10,16H,5-8H2,1H3,(H3,15,17,18,19). The molecule has 4 N–H and O–H groups in total. The van der Waals surface area contributed by atoms with E-state index in [9.17, 15) is 9.59 Å². The molecule has 0 aromatic heterocycles. The fourth-order valence-electron chi connectivity index (χ4n) is 1.88. The van der Waals surface area contributed by atoms with Crippen LogP contribution in [0.15, 0.2) is 18.2 Å². The van der Waals surface area contributed by atoms with E-state index in [1.807, 2.05) is 17.4 Å². The Bertz CT molecular complexity index is 529. The van der Waals surface area contributed by atoms with Gasteiger partial charge in [-0.15, -0.1) is 0 Å². The first-order valence-corrected chi connectivity index (χ1v) is 6.71. The molecule has 0 radical (unpaired) electrons. The second-order valence-corrected chi connectivity index (χ2v) is 4.80. The number of ether oxygens (including phenoxy) is 2. The van der Waals surface area contributed by atoms with Gasteiger partial charge in [0.15, 0.2) is 18.1 Å². The highest BCUT2D eigenvalue weighted by atomic mass is 16.5.